The number of pyridine rings is 1. The number of nitrogens with zero attached hydrogens (tertiary/aromatic N) is 1. The van der Waals surface area contributed by atoms with Gasteiger partial charge < -0.3 is 5.32 Å². The number of hydrogen-bond donors (Lipinski definition) is 1. The van der Waals surface area contributed by atoms with E-state index < -0.39 is 0 Å². The lowest BCUT2D eigenvalue weighted by Gasteiger charge is -2.22. The number of hydrogen-bond acceptors (Lipinski definition) is 2. The molecule has 0 unspecified atom stereocenters. The first-order chi connectivity index (χ1) is 11.2. The molecule has 0 spiro atoms. The van der Waals surface area contributed by atoms with Gasteiger partial charge in [-0.05, 0) is 68.0 Å². The van der Waals surface area contributed by atoms with Crippen LogP contribution in [-0.4, -0.2) is 4.98 Å². The van der Waals surface area contributed by atoms with Crippen LogP contribution in [0.15, 0.2) is 42.5 Å². The van der Waals surface area contributed by atoms with Gasteiger partial charge in [-0.3, -0.25) is 4.98 Å². The third-order valence-corrected chi connectivity index (χ3v) is 4.86. The second-order valence-corrected chi connectivity index (χ2v) is 6.66. The fourth-order valence-corrected chi connectivity index (χ4v) is 3.56. The van der Waals surface area contributed by atoms with Gasteiger partial charge in [-0.1, -0.05) is 29.8 Å². The van der Waals surface area contributed by atoms with Crippen molar-refractivity contribution in [1.29, 1.82) is 0 Å². The van der Waals surface area contributed by atoms with E-state index in [1.165, 1.54) is 35.3 Å². The summed E-state index contributed by atoms with van der Waals surface area (Å²) < 4.78 is 0. The highest BCUT2D eigenvalue weighted by Gasteiger charge is 2.18. The number of halogens is 1. The largest absolute Gasteiger partial charge is 0.354 e. The van der Waals surface area contributed by atoms with Crippen molar-refractivity contribution in [1.82, 2.24) is 4.98 Å². The van der Waals surface area contributed by atoms with Crippen LogP contribution in [0.5, 0.6) is 0 Å². The average molecular weight is 323 g/mol. The Bertz CT molecular complexity index is 886. The molecular weight excluding hydrogens is 304 g/mol. The number of para-hydroxylation sites is 1. The van der Waals surface area contributed by atoms with E-state index in [1.54, 1.807) is 0 Å². The van der Waals surface area contributed by atoms with E-state index in [2.05, 4.69) is 36.5 Å². The number of aryl methyl sites for hydroxylation is 2. The summed E-state index contributed by atoms with van der Waals surface area (Å²) in [5, 5.41) is 5.54. The Morgan fingerprint density at radius 3 is 2.74 bits per heavy atom. The zero-order valence-electron chi connectivity index (χ0n) is 13.2. The van der Waals surface area contributed by atoms with E-state index in [0.717, 1.165) is 34.5 Å². The van der Waals surface area contributed by atoms with Gasteiger partial charge in [0.25, 0.3) is 0 Å². The molecule has 1 aliphatic rings. The maximum absolute atomic E-state index is 6.25. The van der Waals surface area contributed by atoms with Crippen molar-refractivity contribution >= 4 is 33.9 Å². The molecule has 1 N–H and O–H groups in total. The molecule has 3 heteroatoms. The van der Waals surface area contributed by atoms with E-state index in [-0.39, 0.29) is 0 Å². The molecule has 0 saturated heterocycles. The zero-order chi connectivity index (χ0) is 15.8. The smallest absolute Gasteiger partial charge is 0.0727 e. The molecular formula is C20H19ClN2. The molecule has 3 aromatic rings. The normalized spacial score (nSPS) is 13.8. The molecule has 1 aromatic heterocycles. The van der Waals surface area contributed by atoms with Crippen LogP contribution in [0.2, 0.25) is 5.02 Å². The molecule has 116 valence electrons. The second-order valence-electron chi connectivity index (χ2n) is 6.22. The van der Waals surface area contributed by atoms with Crippen molar-refractivity contribution in [2.24, 2.45) is 0 Å². The Morgan fingerprint density at radius 2 is 1.87 bits per heavy atom. The number of anilines is 2. The summed E-state index contributed by atoms with van der Waals surface area (Å²) in [7, 11) is 0. The summed E-state index contributed by atoms with van der Waals surface area (Å²) in [5.74, 6) is 0. The Morgan fingerprint density at radius 1 is 1.04 bits per heavy atom. The number of rotatable bonds is 2. The summed E-state index contributed by atoms with van der Waals surface area (Å²) in [6.07, 6.45) is 4.60. The Labute approximate surface area is 141 Å². The zero-order valence-corrected chi connectivity index (χ0v) is 14.0. The fourth-order valence-electron chi connectivity index (χ4n) is 3.39. The Kier molecular flexibility index (Phi) is 3.70. The van der Waals surface area contributed by atoms with E-state index in [9.17, 15) is 0 Å². The maximum Gasteiger partial charge on any atom is 0.0727 e. The molecule has 4 rings (SSSR count). The molecule has 1 heterocycles. The van der Waals surface area contributed by atoms with Gasteiger partial charge in [-0.2, -0.15) is 0 Å². The Hall–Kier alpha value is -2.06. The van der Waals surface area contributed by atoms with Crippen LogP contribution in [-0.2, 0) is 12.8 Å². The van der Waals surface area contributed by atoms with Gasteiger partial charge in [0.05, 0.1) is 11.2 Å². The van der Waals surface area contributed by atoms with Crippen molar-refractivity contribution in [2.45, 2.75) is 32.6 Å². The van der Waals surface area contributed by atoms with Crippen molar-refractivity contribution in [3.8, 4) is 0 Å². The van der Waals surface area contributed by atoms with Gasteiger partial charge in [-0.15, -0.1) is 0 Å². The molecule has 0 amide bonds. The highest BCUT2D eigenvalue weighted by Crippen LogP contribution is 2.36. The number of benzene rings is 2. The van der Waals surface area contributed by atoms with Gasteiger partial charge in [0, 0.05) is 21.8 Å². The van der Waals surface area contributed by atoms with Crippen LogP contribution >= 0.6 is 11.6 Å². The summed E-state index contributed by atoms with van der Waals surface area (Å²) in [6.45, 7) is 2.13. The van der Waals surface area contributed by atoms with Crippen LogP contribution in [0.3, 0.4) is 0 Å². The topological polar surface area (TPSA) is 24.9 Å². The van der Waals surface area contributed by atoms with Gasteiger partial charge in [0.1, 0.15) is 0 Å². The van der Waals surface area contributed by atoms with Gasteiger partial charge in [-0.25, -0.2) is 0 Å². The average Bonchev–Trinajstić information content (AvgIpc) is 2.57. The van der Waals surface area contributed by atoms with Crippen LogP contribution in [0.4, 0.5) is 11.4 Å². The number of nitrogens with one attached hydrogen (secondary N) is 1. The molecule has 1 aliphatic carbocycles. The van der Waals surface area contributed by atoms with Crippen LogP contribution in [0.1, 0.15) is 29.7 Å². The first-order valence-corrected chi connectivity index (χ1v) is 8.54. The van der Waals surface area contributed by atoms with E-state index in [1.807, 2.05) is 18.2 Å². The van der Waals surface area contributed by atoms with Gasteiger partial charge in [0.2, 0.25) is 0 Å². The molecule has 0 saturated carbocycles. The number of aromatic nitrogens is 1. The minimum atomic E-state index is 0.753. The van der Waals surface area contributed by atoms with Crippen molar-refractivity contribution in [3.05, 3.63) is 64.3 Å². The second kappa shape index (κ2) is 5.86. The summed E-state index contributed by atoms with van der Waals surface area (Å²) in [4.78, 5) is 4.88. The molecule has 0 bridgehead atoms. The molecule has 2 nitrogen and oxygen atoms in total. The lowest BCUT2D eigenvalue weighted by atomic mass is 9.92. The predicted molar refractivity (Wildman–Crippen MR) is 97.9 cm³/mol. The molecule has 0 aliphatic heterocycles. The SMILES string of the molecule is Cc1ccccc1Nc1c2c(nc3ccc(Cl)cc13)CCCC2. The maximum atomic E-state index is 6.25. The van der Waals surface area contributed by atoms with Crippen molar-refractivity contribution < 1.29 is 0 Å². The predicted octanol–water partition coefficient (Wildman–Crippen LogP) is 5.82. The molecule has 0 fully saturated rings. The minimum Gasteiger partial charge on any atom is -0.354 e. The standard InChI is InChI=1S/C20H19ClN2/c1-13-6-2-4-8-17(13)23-20-15-7-3-5-9-18(15)22-19-11-10-14(21)12-16(19)20/h2,4,6,8,10-12H,3,5,7,9H2,1H3,(H,22,23). The highest BCUT2D eigenvalue weighted by atomic mass is 35.5. The number of fused-ring (bicyclic) bond motifs is 2. The fraction of sp³-hybridized carbons (Fsp3) is 0.250. The molecule has 0 atom stereocenters. The quantitative estimate of drug-likeness (QED) is 0.643. The molecule has 0 radical (unpaired) electrons. The van der Waals surface area contributed by atoms with Crippen LogP contribution in [0, 0.1) is 6.92 Å². The summed E-state index contributed by atoms with van der Waals surface area (Å²) >= 11 is 6.25. The van der Waals surface area contributed by atoms with Crippen LogP contribution in [0.25, 0.3) is 10.9 Å². The van der Waals surface area contributed by atoms with Crippen molar-refractivity contribution in [3.63, 3.8) is 0 Å². The van der Waals surface area contributed by atoms with Gasteiger partial charge >= 0.3 is 0 Å². The highest BCUT2D eigenvalue weighted by molar-refractivity contribution is 6.31. The monoisotopic (exact) mass is 322 g/mol. The van der Waals surface area contributed by atoms with E-state index in [0.29, 0.717) is 0 Å². The third kappa shape index (κ3) is 2.68. The summed E-state index contributed by atoms with van der Waals surface area (Å²) in [5.41, 5.74) is 7.18. The van der Waals surface area contributed by atoms with Crippen LogP contribution < -0.4 is 5.32 Å². The van der Waals surface area contributed by atoms with E-state index in [4.69, 9.17) is 16.6 Å². The molecule has 23 heavy (non-hydrogen) atoms. The third-order valence-electron chi connectivity index (χ3n) is 4.63. The summed E-state index contributed by atoms with van der Waals surface area (Å²) in [6, 6.07) is 14.4. The first kappa shape index (κ1) is 14.5. The minimum absolute atomic E-state index is 0.753. The van der Waals surface area contributed by atoms with Crippen molar-refractivity contribution in [2.75, 3.05) is 5.32 Å². The Balaban J connectivity index is 1.95. The van der Waals surface area contributed by atoms with Gasteiger partial charge in [0.15, 0.2) is 0 Å². The molecule has 2 aromatic carbocycles. The lowest BCUT2D eigenvalue weighted by Crippen LogP contribution is -2.10. The lowest BCUT2D eigenvalue weighted by molar-refractivity contribution is 0.672. The first-order valence-electron chi connectivity index (χ1n) is 8.16. The van der Waals surface area contributed by atoms with E-state index >= 15 is 0 Å².